The number of nitrogens with zero attached hydrogens (tertiary/aromatic N) is 3. The second kappa shape index (κ2) is 9.57. The summed E-state index contributed by atoms with van der Waals surface area (Å²) in [6.07, 6.45) is 3.16. The standard InChI is InChI=1S/C26H36N4O2S/c1-26(2,3)20-11-13-22(14-12-20)33(31,32)30(21-15-17-27-18-16-21)19-7-10-25-28-23-8-5-6-9-24(23)29(25)4/h5-6,8-9,11-14,21,27H,7,10,15-19H2,1-4H3. The summed E-state index contributed by atoms with van der Waals surface area (Å²) in [7, 11) is -1.54. The van der Waals surface area contributed by atoms with Crippen LogP contribution in [0.15, 0.2) is 53.4 Å². The Bertz CT molecular complexity index is 1190. The van der Waals surface area contributed by atoms with Crippen LogP contribution >= 0.6 is 0 Å². The van der Waals surface area contributed by atoms with Crippen LogP contribution in [0.4, 0.5) is 0 Å². The van der Waals surface area contributed by atoms with E-state index < -0.39 is 10.0 Å². The Morgan fingerprint density at radius 2 is 1.73 bits per heavy atom. The predicted octanol–water partition coefficient (Wildman–Crippen LogP) is 4.25. The van der Waals surface area contributed by atoms with Crippen LogP contribution in [0.2, 0.25) is 0 Å². The first-order chi connectivity index (χ1) is 15.7. The summed E-state index contributed by atoms with van der Waals surface area (Å²) in [6, 6.07) is 15.6. The SMILES string of the molecule is Cn1c(CCCN(C2CCNCC2)S(=O)(=O)c2ccc(C(C)(C)C)cc2)nc2ccccc21. The van der Waals surface area contributed by atoms with Gasteiger partial charge in [-0.25, -0.2) is 13.4 Å². The predicted molar refractivity (Wildman–Crippen MR) is 134 cm³/mol. The van der Waals surface area contributed by atoms with Gasteiger partial charge in [0.2, 0.25) is 10.0 Å². The lowest BCUT2D eigenvalue weighted by Crippen LogP contribution is -2.46. The summed E-state index contributed by atoms with van der Waals surface area (Å²) in [5, 5.41) is 3.35. The van der Waals surface area contributed by atoms with Crippen LogP contribution in [0, 0.1) is 0 Å². The number of para-hydroxylation sites is 2. The molecule has 178 valence electrons. The first-order valence-electron chi connectivity index (χ1n) is 11.9. The van der Waals surface area contributed by atoms with E-state index in [4.69, 9.17) is 4.98 Å². The van der Waals surface area contributed by atoms with Gasteiger partial charge in [-0.05, 0) is 67.6 Å². The zero-order valence-corrected chi connectivity index (χ0v) is 21.0. The second-order valence-corrected chi connectivity index (χ2v) is 11.9. The van der Waals surface area contributed by atoms with E-state index in [1.54, 1.807) is 16.4 Å². The number of hydrogen-bond donors (Lipinski definition) is 1. The number of aromatic nitrogens is 2. The lowest BCUT2D eigenvalue weighted by molar-refractivity contribution is 0.259. The van der Waals surface area contributed by atoms with Gasteiger partial charge in [0.1, 0.15) is 5.82 Å². The minimum atomic E-state index is -3.57. The van der Waals surface area contributed by atoms with Gasteiger partial charge >= 0.3 is 0 Å². The molecule has 1 fully saturated rings. The van der Waals surface area contributed by atoms with Crippen molar-refractivity contribution in [1.82, 2.24) is 19.2 Å². The monoisotopic (exact) mass is 468 g/mol. The van der Waals surface area contributed by atoms with Crippen molar-refractivity contribution in [3.05, 3.63) is 59.9 Å². The average molecular weight is 469 g/mol. The maximum Gasteiger partial charge on any atom is 0.243 e. The Kier molecular flexibility index (Phi) is 6.93. The zero-order chi connectivity index (χ0) is 23.6. The van der Waals surface area contributed by atoms with E-state index in [9.17, 15) is 8.42 Å². The van der Waals surface area contributed by atoms with Crippen molar-refractivity contribution in [2.24, 2.45) is 7.05 Å². The summed E-state index contributed by atoms with van der Waals surface area (Å²) in [6.45, 7) is 8.61. The van der Waals surface area contributed by atoms with Crippen molar-refractivity contribution in [3.63, 3.8) is 0 Å². The van der Waals surface area contributed by atoms with E-state index in [1.807, 2.05) is 37.4 Å². The van der Waals surface area contributed by atoms with E-state index in [1.165, 1.54) is 0 Å². The smallest absolute Gasteiger partial charge is 0.243 e. The molecule has 0 bridgehead atoms. The Balaban J connectivity index is 1.54. The van der Waals surface area contributed by atoms with Crippen LogP contribution in [0.3, 0.4) is 0 Å². The summed E-state index contributed by atoms with van der Waals surface area (Å²) in [4.78, 5) is 5.15. The fourth-order valence-electron chi connectivity index (χ4n) is 4.67. The lowest BCUT2D eigenvalue weighted by atomic mass is 9.87. The molecular weight excluding hydrogens is 432 g/mol. The van der Waals surface area contributed by atoms with Crippen molar-refractivity contribution in [3.8, 4) is 0 Å². The van der Waals surface area contributed by atoms with Crippen molar-refractivity contribution in [1.29, 1.82) is 0 Å². The number of aryl methyl sites for hydroxylation is 2. The fraction of sp³-hybridized carbons (Fsp3) is 0.500. The number of imidazole rings is 1. The summed E-state index contributed by atoms with van der Waals surface area (Å²) < 4.78 is 31.3. The van der Waals surface area contributed by atoms with E-state index >= 15 is 0 Å². The summed E-state index contributed by atoms with van der Waals surface area (Å²) in [5.41, 5.74) is 3.21. The molecule has 0 aliphatic carbocycles. The number of nitrogens with one attached hydrogen (secondary N) is 1. The molecule has 7 heteroatoms. The van der Waals surface area contributed by atoms with Gasteiger partial charge in [-0.3, -0.25) is 0 Å². The van der Waals surface area contributed by atoms with Gasteiger partial charge in [-0.15, -0.1) is 0 Å². The van der Waals surface area contributed by atoms with Crippen molar-refractivity contribution >= 4 is 21.1 Å². The maximum absolute atomic E-state index is 13.7. The third-order valence-corrected chi connectivity index (χ3v) is 8.67. The van der Waals surface area contributed by atoms with Gasteiger partial charge in [0, 0.05) is 26.1 Å². The molecule has 33 heavy (non-hydrogen) atoms. The molecule has 0 spiro atoms. The normalized spacial score (nSPS) is 16.0. The number of benzene rings is 2. The quantitative estimate of drug-likeness (QED) is 0.563. The molecular formula is C26H36N4O2S. The number of sulfonamides is 1. The molecule has 1 aromatic heterocycles. The Labute approximate surface area is 198 Å². The van der Waals surface area contributed by atoms with Crippen LogP contribution in [0.5, 0.6) is 0 Å². The van der Waals surface area contributed by atoms with Crippen LogP contribution < -0.4 is 5.32 Å². The van der Waals surface area contributed by atoms with Gasteiger partial charge in [-0.1, -0.05) is 45.0 Å². The number of piperidine rings is 1. The molecule has 1 saturated heterocycles. The second-order valence-electron chi connectivity index (χ2n) is 10.1. The maximum atomic E-state index is 13.7. The Morgan fingerprint density at radius 3 is 2.36 bits per heavy atom. The van der Waals surface area contributed by atoms with Crippen molar-refractivity contribution < 1.29 is 8.42 Å². The molecule has 0 radical (unpaired) electrons. The molecule has 2 aromatic carbocycles. The molecule has 0 atom stereocenters. The molecule has 0 unspecified atom stereocenters. The molecule has 3 aromatic rings. The molecule has 4 rings (SSSR count). The largest absolute Gasteiger partial charge is 0.331 e. The lowest BCUT2D eigenvalue weighted by Gasteiger charge is -2.34. The minimum absolute atomic E-state index is 0.0113. The topological polar surface area (TPSA) is 67.2 Å². The van der Waals surface area contributed by atoms with E-state index in [0.29, 0.717) is 11.4 Å². The van der Waals surface area contributed by atoms with Gasteiger partial charge in [0.05, 0.1) is 15.9 Å². The van der Waals surface area contributed by atoms with Crippen LogP contribution in [-0.4, -0.2) is 48.0 Å². The summed E-state index contributed by atoms with van der Waals surface area (Å²) in [5.74, 6) is 0.994. The van der Waals surface area contributed by atoms with E-state index in [-0.39, 0.29) is 11.5 Å². The molecule has 1 aliphatic rings. The highest BCUT2D eigenvalue weighted by Crippen LogP contribution is 2.27. The van der Waals surface area contributed by atoms with Gasteiger partial charge in [-0.2, -0.15) is 4.31 Å². The Hall–Kier alpha value is -2.22. The molecule has 6 nitrogen and oxygen atoms in total. The minimum Gasteiger partial charge on any atom is -0.331 e. The van der Waals surface area contributed by atoms with E-state index in [2.05, 4.69) is 36.7 Å². The van der Waals surface area contributed by atoms with Crippen molar-refractivity contribution in [2.75, 3.05) is 19.6 Å². The Morgan fingerprint density at radius 1 is 1.06 bits per heavy atom. The summed E-state index contributed by atoms with van der Waals surface area (Å²) >= 11 is 0. The first-order valence-corrected chi connectivity index (χ1v) is 13.4. The van der Waals surface area contributed by atoms with Gasteiger partial charge in [0.15, 0.2) is 0 Å². The van der Waals surface area contributed by atoms with E-state index in [0.717, 1.165) is 61.2 Å². The highest BCUT2D eigenvalue weighted by atomic mass is 32.2. The first kappa shape index (κ1) is 23.9. The van der Waals surface area contributed by atoms with Crippen LogP contribution in [-0.2, 0) is 28.9 Å². The highest BCUT2D eigenvalue weighted by Gasteiger charge is 2.32. The molecule has 0 amide bonds. The van der Waals surface area contributed by atoms with Crippen molar-refractivity contribution in [2.45, 2.75) is 62.8 Å². The van der Waals surface area contributed by atoms with Crippen LogP contribution in [0.25, 0.3) is 11.0 Å². The molecule has 2 heterocycles. The molecule has 0 saturated carbocycles. The molecule has 1 aliphatic heterocycles. The third-order valence-electron chi connectivity index (χ3n) is 6.70. The third kappa shape index (κ3) is 5.15. The van der Waals surface area contributed by atoms with Gasteiger partial charge in [0.25, 0.3) is 0 Å². The average Bonchev–Trinajstić information content (AvgIpc) is 3.12. The fourth-order valence-corrected chi connectivity index (χ4v) is 6.39. The highest BCUT2D eigenvalue weighted by molar-refractivity contribution is 7.89. The van der Waals surface area contributed by atoms with Gasteiger partial charge < -0.3 is 9.88 Å². The number of hydrogen-bond acceptors (Lipinski definition) is 4. The zero-order valence-electron chi connectivity index (χ0n) is 20.2. The number of fused-ring (bicyclic) bond motifs is 1. The number of rotatable bonds is 7. The molecule has 1 N–H and O–H groups in total. The van der Waals surface area contributed by atoms with Crippen LogP contribution in [0.1, 0.15) is 51.4 Å².